The van der Waals surface area contributed by atoms with E-state index in [-0.39, 0.29) is 6.42 Å². The van der Waals surface area contributed by atoms with E-state index in [2.05, 4.69) is 0 Å². The van der Waals surface area contributed by atoms with Crippen molar-refractivity contribution in [1.29, 1.82) is 0 Å². The first kappa shape index (κ1) is 9.75. The van der Waals surface area contributed by atoms with Gasteiger partial charge in [-0.2, -0.15) is 13.2 Å². The smallest absolute Gasteiger partial charge is 0.320 e. The molecule has 0 fully saturated rings. The van der Waals surface area contributed by atoms with Gasteiger partial charge in [-0.15, -0.1) is 0 Å². The number of nitrogens with two attached hydrogens (primary N) is 1. The van der Waals surface area contributed by atoms with Crippen molar-refractivity contribution in [1.82, 2.24) is 0 Å². The van der Waals surface area contributed by atoms with Crippen LogP contribution in [0.2, 0.25) is 0 Å². The molecule has 62 valence electrons. The summed E-state index contributed by atoms with van der Waals surface area (Å²) in [5.41, 5.74) is 4.81. The van der Waals surface area contributed by atoms with Crippen LogP contribution in [0.3, 0.4) is 0 Å². The maximum Gasteiger partial charge on any atom is 0.403 e. The molecule has 0 saturated heterocycles. The SMILES string of the molecule is CCCC[C@@H](N)C(F)(F)F. The fraction of sp³-hybridized carbons (Fsp3) is 1.00. The first-order valence-corrected chi connectivity index (χ1v) is 3.30. The summed E-state index contributed by atoms with van der Waals surface area (Å²) < 4.78 is 34.9. The summed E-state index contributed by atoms with van der Waals surface area (Å²) in [7, 11) is 0. The molecule has 10 heavy (non-hydrogen) atoms. The molecule has 0 spiro atoms. The normalized spacial score (nSPS) is 15.3. The minimum atomic E-state index is -4.21. The summed E-state index contributed by atoms with van der Waals surface area (Å²) in [5.74, 6) is 0. The summed E-state index contributed by atoms with van der Waals surface area (Å²) in [4.78, 5) is 0. The molecule has 0 bridgehead atoms. The summed E-state index contributed by atoms with van der Waals surface area (Å²) in [5, 5.41) is 0. The lowest BCUT2D eigenvalue weighted by Gasteiger charge is -2.14. The van der Waals surface area contributed by atoms with E-state index in [4.69, 9.17) is 5.73 Å². The van der Waals surface area contributed by atoms with Gasteiger partial charge in [0.2, 0.25) is 0 Å². The molecule has 1 nitrogen and oxygen atoms in total. The molecule has 0 aromatic rings. The molecule has 2 N–H and O–H groups in total. The first-order valence-electron chi connectivity index (χ1n) is 3.30. The molecule has 0 amide bonds. The van der Waals surface area contributed by atoms with Gasteiger partial charge in [0, 0.05) is 0 Å². The van der Waals surface area contributed by atoms with Crippen molar-refractivity contribution in [3.8, 4) is 0 Å². The zero-order valence-electron chi connectivity index (χ0n) is 5.91. The van der Waals surface area contributed by atoms with Crippen LogP contribution in [0.25, 0.3) is 0 Å². The van der Waals surface area contributed by atoms with Gasteiger partial charge in [0.05, 0.1) is 0 Å². The van der Waals surface area contributed by atoms with Gasteiger partial charge in [-0.3, -0.25) is 0 Å². The second-order valence-corrected chi connectivity index (χ2v) is 2.29. The minimum Gasteiger partial charge on any atom is -0.320 e. The van der Waals surface area contributed by atoms with Crippen LogP contribution in [0, 0.1) is 0 Å². The average Bonchev–Trinajstić information content (AvgIpc) is 1.80. The number of hydrogen-bond acceptors (Lipinski definition) is 1. The lowest BCUT2D eigenvalue weighted by Crippen LogP contribution is -2.36. The second-order valence-electron chi connectivity index (χ2n) is 2.29. The predicted octanol–water partition coefficient (Wildman–Crippen LogP) is 2.07. The Morgan fingerprint density at radius 2 is 1.90 bits per heavy atom. The summed E-state index contributed by atoms with van der Waals surface area (Å²) in [6.45, 7) is 1.84. The fourth-order valence-electron chi connectivity index (χ4n) is 0.588. The highest BCUT2D eigenvalue weighted by Crippen LogP contribution is 2.21. The van der Waals surface area contributed by atoms with Crippen LogP contribution < -0.4 is 5.73 Å². The molecule has 0 aromatic carbocycles. The summed E-state index contributed by atoms with van der Waals surface area (Å²) in [6.07, 6.45) is -2.88. The molecular weight excluding hydrogens is 143 g/mol. The average molecular weight is 155 g/mol. The summed E-state index contributed by atoms with van der Waals surface area (Å²) >= 11 is 0. The van der Waals surface area contributed by atoms with Gasteiger partial charge in [0.1, 0.15) is 6.04 Å². The summed E-state index contributed by atoms with van der Waals surface area (Å²) in [6, 6.07) is -1.63. The monoisotopic (exact) mass is 155 g/mol. The van der Waals surface area contributed by atoms with Gasteiger partial charge in [0.25, 0.3) is 0 Å². The second kappa shape index (κ2) is 3.81. The van der Waals surface area contributed by atoms with Crippen LogP contribution in [0.1, 0.15) is 26.2 Å². The number of unbranched alkanes of at least 4 members (excludes halogenated alkanes) is 1. The number of rotatable bonds is 3. The maximum absolute atomic E-state index is 11.6. The Balaban J connectivity index is 3.52. The highest BCUT2D eigenvalue weighted by atomic mass is 19.4. The first-order chi connectivity index (χ1) is 4.48. The molecule has 0 heterocycles. The van der Waals surface area contributed by atoms with Crippen LogP contribution in [0.15, 0.2) is 0 Å². The van der Waals surface area contributed by atoms with Crippen molar-refractivity contribution >= 4 is 0 Å². The zero-order chi connectivity index (χ0) is 8.20. The molecule has 0 aliphatic rings. The minimum absolute atomic E-state index is 0.0417. The Hall–Kier alpha value is -0.250. The van der Waals surface area contributed by atoms with E-state index < -0.39 is 12.2 Å². The lowest BCUT2D eigenvalue weighted by molar-refractivity contribution is -0.149. The van der Waals surface area contributed by atoms with E-state index in [1.807, 2.05) is 6.92 Å². The van der Waals surface area contributed by atoms with Crippen molar-refractivity contribution in [3.05, 3.63) is 0 Å². The third-order valence-corrected chi connectivity index (χ3v) is 1.29. The Morgan fingerprint density at radius 3 is 2.20 bits per heavy atom. The van der Waals surface area contributed by atoms with E-state index in [0.29, 0.717) is 6.42 Å². The Morgan fingerprint density at radius 1 is 1.40 bits per heavy atom. The van der Waals surface area contributed by atoms with Crippen molar-refractivity contribution in [3.63, 3.8) is 0 Å². The topological polar surface area (TPSA) is 26.0 Å². The molecule has 0 unspecified atom stereocenters. The van der Waals surface area contributed by atoms with Gasteiger partial charge in [-0.05, 0) is 6.42 Å². The molecule has 1 atom stereocenters. The van der Waals surface area contributed by atoms with Crippen LogP contribution in [-0.2, 0) is 0 Å². The van der Waals surface area contributed by atoms with Crippen LogP contribution in [0.5, 0.6) is 0 Å². The van der Waals surface area contributed by atoms with Crippen molar-refractivity contribution < 1.29 is 13.2 Å². The van der Waals surface area contributed by atoms with Crippen molar-refractivity contribution in [2.45, 2.75) is 38.4 Å². The molecule has 0 aromatic heterocycles. The Bertz CT molecular complexity index is 89.5. The highest BCUT2D eigenvalue weighted by Gasteiger charge is 2.35. The molecule has 0 saturated carbocycles. The standard InChI is InChI=1S/C6H12F3N/c1-2-3-4-5(10)6(7,8)9/h5H,2-4,10H2,1H3/t5-/m1/s1. The number of hydrogen-bond donors (Lipinski definition) is 1. The van der Waals surface area contributed by atoms with Gasteiger partial charge >= 0.3 is 6.18 Å². The molecule has 0 aliphatic carbocycles. The number of halogens is 3. The van der Waals surface area contributed by atoms with Gasteiger partial charge < -0.3 is 5.73 Å². The molecule has 4 heteroatoms. The Labute approximate surface area is 58.4 Å². The predicted molar refractivity (Wildman–Crippen MR) is 33.6 cm³/mol. The van der Waals surface area contributed by atoms with E-state index >= 15 is 0 Å². The van der Waals surface area contributed by atoms with Gasteiger partial charge in [0.15, 0.2) is 0 Å². The third kappa shape index (κ3) is 3.71. The zero-order valence-corrected chi connectivity index (χ0v) is 5.91. The van der Waals surface area contributed by atoms with Gasteiger partial charge in [-0.25, -0.2) is 0 Å². The van der Waals surface area contributed by atoms with E-state index in [0.717, 1.165) is 6.42 Å². The largest absolute Gasteiger partial charge is 0.403 e. The van der Waals surface area contributed by atoms with Gasteiger partial charge in [-0.1, -0.05) is 19.8 Å². The third-order valence-electron chi connectivity index (χ3n) is 1.29. The van der Waals surface area contributed by atoms with E-state index in [9.17, 15) is 13.2 Å². The number of alkyl halides is 3. The molecular formula is C6H12F3N. The fourth-order valence-corrected chi connectivity index (χ4v) is 0.588. The van der Waals surface area contributed by atoms with Crippen LogP contribution in [0.4, 0.5) is 13.2 Å². The molecule has 0 radical (unpaired) electrons. The highest BCUT2D eigenvalue weighted by molar-refractivity contribution is 4.69. The molecule has 0 rings (SSSR count). The van der Waals surface area contributed by atoms with Crippen molar-refractivity contribution in [2.75, 3.05) is 0 Å². The lowest BCUT2D eigenvalue weighted by atomic mass is 10.1. The maximum atomic E-state index is 11.6. The van der Waals surface area contributed by atoms with Crippen LogP contribution >= 0.6 is 0 Å². The van der Waals surface area contributed by atoms with E-state index in [1.165, 1.54) is 0 Å². The van der Waals surface area contributed by atoms with Crippen LogP contribution in [-0.4, -0.2) is 12.2 Å². The Kier molecular flexibility index (Phi) is 3.71. The quantitative estimate of drug-likeness (QED) is 0.663. The molecule has 0 aliphatic heterocycles. The van der Waals surface area contributed by atoms with E-state index in [1.54, 1.807) is 0 Å². The van der Waals surface area contributed by atoms with Crippen molar-refractivity contribution in [2.24, 2.45) is 5.73 Å².